The fourth-order valence-electron chi connectivity index (χ4n) is 3.69. The Hall–Kier alpha value is -2.04. The standard InChI is InChI=1S/C17H23N3O2.C2H6/c1-3-6-14-15(4-2)20(12-19-14)10-13-7-5-8-17(9-13)11-18-16(21)22-17;1-2/h3-4,6,12-13H,2,5,7-11H2,1H3,(H,18,21);1-2H3/b6-3-;. The zero-order valence-corrected chi connectivity index (χ0v) is 15.0. The van der Waals surface area contributed by atoms with E-state index in [0.717, 1.165) is 43.6 Å². The number of hydrogen-bond acceptors (Lipinski definition) is 3. The maximum Gasteiger partial charge on any atom is 0.407 e. The normalized spacial score (nSPS) is 26.0. The van der Waals surface area contributed by atoms with Gasteiger partial charge < -0.3 is 14.6 Å². The quantitative estimate of drug-likeness (QED) is 0.897. The van der Waals surface area contributed by atoms with Crippen molar-refractivity contribution in [3.63, 3.8) is 0 Å². The molecule has 2 aliphatic rings. The maximum absolute atomic E-state index is 11.4. The summed E-state index contributed by atoms with van der Waals surface area (Å²) in [5.74, 6) is 0.493. The van der Waals surface area contributed by atoms with Crippen molar-refractivity contribution in [3.05, 3.63) is 30.4 Å². The minimum Gasteiger partial charge on any atom is -0.441 e. The largest absolute Gasteiger partial charge is 0.441 e. The summed E-state index contributed by atoms with van der Waals surface area (Å²) in [6, 6.07) is 0. The third kappa shape index (κ3) is 3.89. The molecule has 24 heavy (non-hydrogen) atoms. The molecule has 0 bridgehead atoms. The van der Waals surface area contributed by atoms with Gasteiger partial charge in [0.05, 0.1) is 24.3 Å². The van der Waals surface area contributed by atoms with E-state index in [1.165, 1.54) is 0 Å². The lowest BCUT2D eigenvalue weighted by Crippen LogP contribution is -2.39. The van der Waals surface area contributed by atoms with Gasteiger partial charge in [-0.2, -0.15) is 0 Å². The number of carbonyl (C=O) groups is 1. The van der Waals surface area contributed by atoms with Crippen LogP contribution in [0.5, 0.6) is 0 Å². The molecule has 2 fully saturated rings. The highest BCUT2D eigenvalue weighted by molar-refractivity contribution is 5.70. The van der Waals surface area contributed by atoms with E-state index in [1.54, 1.807) is 0 Å². The van der Waals surface area contributed by atoms with Crippen LogP contribution in [0, 0.1) is 5.92 Å². The number of allylic oxidation sites excluding steroid dienone is 1. The van der Waals surface area contributed by atoms with Gasteiger partial charge in [-0.25, -0.2) is 9.78 Å². The van der Waals surface area contributed by atoms with Crippen LogP contribution in [0.15, 0.2) is 19.0 Å². The summed E-state index contributed by atoms with van der Waals surface area (Å²) in [5.41, 5.74) is 1.72. The van der Waals surface area contributed by atoms with Gasteiger partial charge in [0.2, 0.25) is 0 Å². The minimum absolute atomic E-state index is 0.273. The number of imidazole rings is 1. The fraction of sp³-hybridized carbons (Fsp3) is 0.579. The van der Waals surface area contributed by atoms with Gasteiger partial charge >= 0.3 is 6.09 Å². The molecule has 5 nitrogen and oxygen atoms in total. The van der Waals surface area contributed by atoms with E-state index in [4.69, 9.17) is 4.74 Å². The van der Waals surface area contributed by atoms with Crippen molar-refractivity contribution in [1.29, 1.82) is 0 Å². The Morgan fingerprint density at radius 3 is 2.96 bits per heavy atom. The lowest BCUT2D eigenvalue weighted by molar-refractivity contribution is 0.00414. The smallest absolute Gasteiger partial charge is 0.407 e. The van der Waals surface area contributed by atoms with Gasteiger partial charge in [-0.1, -0.05) is 26.5 Å². The Balaban J connectivity index is 0.00000100. The Kier molecular flexibility index (Phi) is 6.23. The molecule has 2 atom stereocenters. The number of amides is 1. The summed E-state index contributed by atoms with van der Waals surface area (Å²) in [5, 5.41) is 2.80. The van der Waals surface area contributed by atoms with Crippen molar-refractivity contribution >= 4 is 18.2 Å². The van der Waals surface area contributed by atoms with E-state index in [9.17, 15) is 4.79 Å². The SMILES string of the molecule is C=Cc1c(/C=C\C)ncn1CC1CCCC2(CNC(=O)O2)C1.CC. The molecule has 1 aromatic heterocycles. The Bertz CT molecular complexity index is 606. The molecule has 1 amide bonds. The Morgan fingerprint density at radius 2 is 2.33 bits per heavy atom. The molecule has 1 saturated carbocycles. The summed E-state index contributed by atoms with van der Waals surface area (Å²) in [6.45, 7) is 11.4. The zero-order valence-electron chi connectivity index (χ0n) is 15.0. The Labute approximate surface area is 144 Å². The molecule has 1 spiro atoms. The third-order valence-electron chi connectivity index (χ3n) is 4.65. The number of ether oxygens (including phenoxy) is 1. The molecule has 2 heterocycles. The van der Waals surface area contributed by atoms with Crippen LogP contribution in [0.25, 0.3) is 12.2 Å². The lowest BCUT2D eigenvalue weighted by atomic mass is 9.78. The molecule has 1 aliphatic heterocycles. The second-order valence-corrected chi connectivity index (χ2v) is 6.26. The number of rotatable bonds is 4. The van der Waals surface area contributed by atoms with Crippen LogP contribution in [-0.4, -0.2) is 27.8 Å². The number of hydrogen-bond donors (Lipinski definition) is 1. The highest BCUT2D eigenvalue weighted by Crippen LogP contribution is 2.38. The molecule has 0 aromatic carbocycles. The van der Waals surface area contributed by atoms with Crippen LogP contribution in [0.4, 0.5) is 4.79 Å². The highest BCUT2D eigenvalue weighted by Gasteiger charge is 2.44. The molecular weight excluding hydrogens is 302 g/mol. The van der Waals surface area contributed by atoms with Crippen molar-refractivity contribution in [1.82, 2.24) is 14.9 Å². The van der Waals surface area contributed by atoms with Crippen molar-refractivity contribution in [2.75, 3.05) is 6.54 Å². The van der Waals surface area contributed by atoms with Crippen LogP contribution >= 0.6 is 0 Å². The minimum atomic E-state index is -0.291. The average Bonchev–Trinajstić information content (AvgIpc) is 3.13. The fourth-order valence-corrected chi connectivity index (χ4v) is 3.69. The molecule has 1 aliphatic carbocycles. The molecule has 3 rings (SSSR count). The van der Waals surface area contributed by atoms with Gasteiger partial charge in [-0.05, 0) is 50.7 Å². The predicted octanol–water partition coefficient (Wildman–Crippen LogP) is 4.25. The number of nitrogens with zero attached hydrogens (tertiary/aromatic N) is 2. The second-order valence-electron chi connectivity index (χ2n) is 6.26. The van der Waals surface area contributed by atoms with Crippen LogP contribution in [0.2, 0.25) is 0 Å². The number of carbonyl (C=O) groups excluding carboxylic acids is 1. The van der Waals surface area contributed by atoms with E-state index < -0.39 is 0 Å². The highest BCUT2D eigenvalue weighted by atomic mass is 16.6. The van der Waals surface area contributed by atoms with Gasteiger partial charge in [0, 0.05) is 6.54 Å². The summed E-state index contributed by atoms with van der Waals surface area (Å²) in [6.07, 6.45) is 11.6. The van der Waals surface area contributed by atoms with Gasteiger partial charge in [0.25, 0.3) is 0 Å². The van der Waals surface area contributed by atoms with Crippen LogP contribution in [0.3, 0.4) is 0 Å². The zero-order chi connectivity index (χ0) is 17.6. The third-order valence-corrected chi connectivity index (χ3v) is 4.65. The second kappa shape index (κ2) is 8.18. The van der Waals surface area contributed by atoms with E-state index in [1.807, 2.05) is 45.3 Å². The van der Waals surface area contributed by atoms with Crippen molar-refractivity contribution in [2.24, 2.45) is 5.92 Å². The van der Waals surface area contributed by atoms with Crippen molar-refractivity contribution in [2.45, 2.75) is 58.6 Å². The topological polar surface area (TPSA) is 56.2 Å². The predicted molar refractivity (Wildman–Crippen MR) is 97.5 cm³/mol. The first-order chi connectivity index (χ1) is 11.7. The summed E-state index contributed by atoms with van der Waals surface area (Å²) in [7, 11) is 0. The van der Waals surface area contributed by atoms with Crippen molar-refractivity contribution < 1.29 is 9.53 Å². The molecule has 132 valence electrons. The van der Waals surface area contributed by atoms with Gasteiger partial charge in [-0.15, -0.1) is 0 Å². The summed E-state index contributed by atoms with van der Waals surface area (Å²) < 4.78 is 7.71. The molecule has 5 heteroatoms. The number of aromatic nitrogens is 2. The molecule has 2 unspecified atom stereocenters. The first kappa shape index (κ1) is 18.3. The average molecular weight is 331 g/mol. The van der Waals surface area contributed by atoms with Gasteiger partial charge in [-0.3, -0.25) is 0 Å². The molecule has 1 N–H and O–H groups in total. The summed E-state index contributed by atoms with van der Waals surface area (Å²) in [4.78, 5) is 15.8. The van der Waals surface area contributed by atoms with E-state index in [-0.39, 0.29) is 11.7 Å². The number of alkyl carbamates (subject to hydrolysis) is 1. The van der Waals surface area contributed by atoms with E-state index >= 15 is 0 Å². The van der Waals surface area contributed by atoms with Gasteiger partial charge in [0.15, 0.2) is 0 Å². The number of nitrogens with one attached hydrogen (secondary N) is 1. The lowest BCUT2D eigenvalue weighted by Gasteiger charge is -2.35. The van der Waals surface area contributed by atoms with E-state index in [0.29, 0.717) is 12.5 Å². The van der Waals surface area contributed by atoms with Crippen LogP contribution < -0.4 is 5.32 Å². The van der Waals surface area contributed by atoms with Gasteiger partial charge in [0.1, 0.15) is 5.60 Å². The van der Waals surface area contributed by atoms with Crippen LogP contribution in [-0.2, 0) is 11.3 Å². The molecule has 1 aromatic rings. The van der Waals surface area contributed by atoms with Crippen LogP contribution in [0.1, 0.15) is 57.8 Å². The van der Waals surface area contributed by atoms with Crippen molar-refractivity contribution in [3.8, 4) is 0 Å². The Morgan fingerprint density at radius 1 is 1.54 bits per heavy atom. The molecule has 0 radical (unpaired) electrons. The van der Waals surface area contributed by atoms with E-state index in [2.05, 4.69) is 21.4 Å². The molecular formula is C19H29N3O2. The first-order valence-electron chi connectivity index (χ1n) is 8.93. The first-order valence-corrected chi connectivity index (χ1v) is 8.93. The monoisotopic (exact) mass is 331 g/mol. The maximum atomic E-state index is 11.4. The summed E-state index contributed by atoms with van der Waals surface area (Å²) >= 11 is 0. The molecule has 1 saturated heterocycles.